The lowest BCUT2D eigenvalue weighted by Gasteiger charge is -2.49. The first-order valence-electron chi connectivity index (χ1n) is 8.90. The van der Waals surface area contributed by atoms with E-state index >= 15 is 0 Å². The maximum atomic E-state index is 13.3. The van der Waals surface area contributed by atoms with Crippen molar-refractivity contribution in [1.29, 1.82) is 0 Å². The summed E-state index contributed by atoms with van der Waals surface area (Å²) >= 11 is 0. The smallest absolute Gasteiger partial charge is 0.329 e. The number of hydrogen-bond acceptors (Lipinski definition) is 4. The van der Waals surface area contributed by atoms with Crippen LogP contribution in [0.25, 0.3) is 10.4 Å². The summed E-state index contributed by atoms with van der Waals surface area (Å²) in [4.78, 5) is 29.6. The average molecular weight is 376 g/mol. The topological polar surface area (TPSA) is 95.4 Å². The van der Waals surface area contributed by atoms with Crippen molar-refractivity contribution in [3.8, 4) is 0 Å². The van der Waals surface area contributed by atoms with E-state index in [0.29, 0.717) is 12.0 Å². The highest BCUT2D eigenvalue weighted by Gasteiger charge is 2.53. The molecule has 0 saturated carbocycles. The maximum absolute atomic E-state index is 13.3. The van der Waals surface area contributed by atoms with Crippen LogP contribution in [0.3, 0.4) is 0 Å². The van der Waals surface area contributed by atoms with Crippen molar-refractivity contribution in [1.82, 2.24) is 4.90 Å². The van der Waals surface area contributed by atoms with Crippen LogP contribution in [-0.2, 0) is 14.3 Å². The molecule has 1 aromatic rings. The van der Waals surface area contributed by atoms with Gasteiger partial charge in [0.05, 0.1) is 6.04 Å². The summed E-state index contributed by atoms with van der Waals surface area (Å²) in [5.74, 6) is -1.22. The summed E-state index contributed by atoms with van der Waals surface area (Å²) in [6.07, 6.45) is 0.404. The fourth-order valence-corrected chi connectivity index (χ4v) is 3.15. The van der Waals surface area contributed by atoms with Crippen molar-refractivity contribution in [2.75, 3.05) is 0 Å². The third-order valence-corrected chi connectivity index (χ3v) is 4.20. The number of halogens is 1. The molecule has 1 amide bonds. The van der Waals surface area contributed by atoms with E-state index in [0.717, 1.165) is 0 Å². The molecule has 0 bridgehead atoms. The zero-order valence-corrected chi connectivity index (χ0v) is 16.2. The highest BCUT2D eigenvalue weighted by atomic mass is 19.1. The van der Waals surface area contributed by atoms with Crippen molar-refractivity contribution < 1.29 is 18.7 Å². The van der Waals surface area contributed by atoms with Crippen molar-refractivity contribution in [2.24, 2.45) is 11.0 Å². The summed E-state index contributed by atoms with van der Waals surface area (Å²) < 4.78 is 18.8. The number of amides is 1. The van der Waals surface area contributed by atoms with Gasteiger partial charge in [-0.15, -0.1) is 0 Å². The molecule has 1 fully saturated rings. The van der Waals surface area contributed by atoms with Gasteiger partial charge in [-0.1, -0.05) is 31.1 Å². The van der Waals surface area contributed by atoms with Crippen molar-refractivity contribution in [2.45, 2.75) is 64.8 Å². The highest BCUT2D eigenvalue weighted by molar-refractivity contribution is 5.94. The summed E-state index contributed by atoms with van der Waals surface area (Å²) in [6.45, 7) is 9.17. The molecule has 0 N–H and O–H groups in total. The van der Waals surface area contributed by atoms with Gasteiger partial charge in [-0.2, -0.15) is 0 Å². The second-order valence-corrected chi connectivity index (χ2v) is 8.07. The summed E-state index contributed by atoms with van der Waals surface area (Å²) in [5, 5.41) is 3.58. The molecule has 3 atom stereocenters. The quantitative estimate of drug-likeness (QED) is 0.245. The molecule has 1 aliphatic rings. The molecule has 8 heteroatoms. The number of rotatable bonds is 6. The summed E-state index contributed by atoms with van der Waals surface area (Å²) in [5.41, 5.74) is 8.70. The first-order valence-corrected chi connectivity index (χ1v) is 8.90. The van der Waals surface area contributed by atoms with Crippen molar-refractivity contribution in [3.63, 3.8) is 0 Å². The Balaban J connectivity index is 2.41. The Bertz CT molecular complexity index is 751. The standard InChI is InChI=1S/C19H25FN4O3/c1-11(2)10-14(18(26)27-19(3,4)5)24-16(15(17(24)25)22-23-21)12-6-8-13(20)9-7-12/h6-9,11,14-16H,10H2,1-5H3/t14-,15?,16?/m0/s1. The van der Waals surface area contributed by atoms with Crippen LogP contribution in [0.2, 0.25) is 0 Å². The number of ether oxygens (including phenoxy) is 1. The van der Waals surface area contributed by atoms with Gasteiger partial charge < -0.3 is 9.64 Å². The molecule has 1 aliphatic heterocycles. The van der Waals surface area contributed by atoms with E-state index in [2.05, 4.69) is 10.0 Å². The minimum Gasteiger partial charge on any atom is -0.458 e. The highest BCUT2D eigenvalue weighted by Crippen LogP contribution is 2.40. The number of β-lactam (4-membered cyclic amide) rings is 1. The minimum atomic E-state index is -0.961. The molecule has 1 aromatic carbocycles. The number of benzene rings is 1. The Morgan fingerprint density at radius 1 is 1.33 bits per heavy atom. The third kappa shape index (κ3) is 4.77. The van der Waals surface area contributed by atoms with Crippen LogP contribution in [-0.4, -0.2) is 34.5 Å². The van der Waals surface area contributed by atoms with Gasteiger partial charge in [-0.25, -0.2) is 9.18 Å². The van der Waals surface area contributed by atoms with E-state index < -0.39 is 41.4 Å². The van der Waals surface area contributed by atoms with E-state index in [1.54, 1.807) is 20.8 Å². The monoisotopic (exact) mass is 376 g/mol. The van der Waals surface area contributed by atoms with Gasteiger partial charge in [0.25, 0.3) is 0 Å². The normalized spacial score (nSPS) is 20.7. The second-order valence-electron chi connectivity index (χ2n) is 8.07. The van der Waals surface area contributed by atoms with Gasteiger partial charge in [0.2, 0.25) is 5.91 Å². The Hall–Kier alpha value is -2.60. The van der Waals surface area contributed by atoms with Crippen LogP contribution in [0, 0.1) is 11.7 Å². The third-order valence-electron chi connectivity index (χ3n) is 4.20. The summed E-state index contributed by atoms with van der Waals surface area (Å²) in [7, 11) is 0. The first-order chi connectivity index (χ1) is 12.5. The largest absolute Gasteiger partial charge is 0.458 e. The van der Waals surface area contributed by atoms with Crippen LogP contribution >= 0.6 is 0 Å². The molecule has 0 spiro atoms. The number of hydrogen-bond donors (Lipinski definition) is 0. The molecule has 146 valence electrons. The predicted octanol–water partition coefficient (Wildman–Crippen LogP) is 4.14. The van der Waals surface area contributed by atoms with Crippen LogP contribution in [0.15, 0.2) is 29.4 Å². The molecular formula is C19H25FN4O3. The van der Waals surface area contributed by atoms with Crippen LogP contribution < -0.4 is 0 Å². The molecule has 1 heterocycles. The SMILES string of the molecule is CC(C)C[C@@H](C(=O)OC(C)(C)C)N1C(=O)C(N=[N+]=[N-])C1c1ccc(F)cc1. The lowest BCUT2D eigenvalue weighted by Crippen LogP contribution is -2.64. The second kappa shape index (κ2) is 7.96. The van der Waals surface area contributed by atoms with Gasteiger partial charge in [-0.05, 0) is 56.3 Å². The van der Waals surface area contributed by atoms with Crippen LogP contribution in [0.5, 0.6) is 0 Å². The molecule has 2 rings (SSSR count). The zero-order chi connectivity index (χ0) is 20.4. The van der Waals surface area contributed by atoms with Crippen LogP contribution in [0.1, 0.15) is 52.6 Å². The molecule has 0 radical (unpaired) electrons. The zero-order valence-electron chi connectivity index (χ0n) is 16.2. The first kappa shape index (κ1) is 20.7. The summed E-state index contributed by atoms with van der Waals surface area (Å²) in [6, 6.07) is 3.20. The molecule has 2 unspecified atom stereocenters. The van der Waals surface area contributed by atoms with Crippen molar-refractivity contribution >= 4 is 11.9 Å². The number of carbonyl (C=O) groups is 2. The van der Waals surface area contributed by atoms with Gasteiger partial charge >= 0.3 is 5.97 Å². The Morgan fingerprint density at radius 3 is 2.41 bits per heavy atom. The molecule has 0 aliphatic carbocycles. The minimum absolute atomic E-state index is 0.128. The van der Waals surface area contributed by atoms with E-state index in [9.17, 15) is 14.0 Å². The van der Waals surface area contributed by atoms with Gasteiger partial charge in [0, 0.05) is 4.91 Å². The molecule has 0 aromatic heterocycles. The molecule has 1 saturated heterocycles. The van der Waals surface area contributed by atoms with Crippen molar-refractivity contribution in [3.05, 3.63) is 46.1 Å². The Kier molecular flexibility index (Phi) is 6.11. The predicted molar refractivity (Wildman–Crippen MR) is 98.0 cm³/mol. The molecule has 7 nitrogen and oxygen atoms in total. The Labute approximate surface area is 158 Å². The molecular weight excluding hydrogens is 351 g/mol. The number of carbonyl (C=O) groups excluding carboxylic acids is 2. The van der Waals surface area contributed by atoms with Gasteiger partial charge in [0.1, 0.15) is 23.5 Å². The maximum Gasteiger partial charge on any atom is 0.329 e. The lowest BCUT2D eigenvalue weighted by molar-refractivity contribution is -0.175. The number of nitrogens with zero attached hydrogens (tertiary/aromatic N) is 4. The van der Waals surface area contributed by atoms with Gasteiger partial charge in [-0.3, -0.25) is 4.79 Å². The lowest BCUT2D eigenvalue weighted by atomic mass is 9.85. The number of esters is 1. The van der Waals surface area contributed by atoms with E-state index in [1.165, 1.54) is 29.2 Å². The fourth-order valence-electron chi connectivity index (χ4n) is 3.15. The number of azide groups is 1. The van der Waals surface area contributed by atoms with E-state index in [1.807, 2.05) is 13.8 Å². The van der Waals surface area contributed by atoms with Crippen LogP contribution in [0.4, 0.5) is 4.39 Å². The fraction of sp³-hybridized carbons (Fsp3) is 0.579. The number of likely N-dealkylation sites (tertiary alicyclic amines) is 1. The average Bonchev–Trinajstić information content (AvgIpc) is 2.55. The van der Waals surface area contributed by atoms with E-state index in [-0.39, 0.29) is 5.92 Å². The molecule has 27 heavy (non-hydrogen) atoms. The van der Waals surface area contributed by atoms with Gasteiger partial charge in [0.15, 0.2) is 0 Å². The Morgan fingerprint density at radius 2 is 1.93 bits per heavy atom. The van der Waals surface area contributed by atoms with E-state index in [4.69, 9.17) is 10.3 Å².